The summed E-state index contributed by atoms with van der Waals surface area (Å²) >= 11 is 0. The fourth-order valence-electron chi connectivity index (χ4n) is 3.18. The summed E-state index contributed by atoms with van der Waals surface area (Å²) in [6.07, 6.45) is 6.10. The zero-order valence-electron chi connectivity index (χ0n) is 17.7. The van der Waals surface area contributed by atoms with Gasteiger partial charge in [0, 0.05) is 37.7 Å². The van der Waals surface area contributed by atoms with Crippen LogP contribution in [0.3, 0.4) is 0 Å². The van der Waals surface area contributed by atoms with E-state index in [1.165, 1.54) is 0 Å². The van der Waals surface area contributed by atoms with Crippen molar-refractivity contribution < 1.29 is 4.79 Å². The Kier molecular flexibility index (Phi) is 6.76. The van der Waals surface area contributed by atoms with Crippen LogP contribution in [0.1, 0.15) is 20.3 Å². The van der Waals surface area contributed by atoms with Gasteiger partial charge in [-0.05, 0) is 48.7 Å². The van der Waals surface area contributed by atoms with E-state index in [4.69, 9.17) is 5.73 Å². The van der Waals surface area contributed by atoms with E-state index >= 15 is 0 Å². The van der Waals surface area contributed by atoms with Crippen molar-refractivity contribution in [3.63, 3.8) is 0 Å². The van der Waals surface area contributed by atoms with Crippen LogP contribution in [0.5, 0.6) is 0 Å². The fourth-order valence-corrected chi connectivity index (χ4v) is 3.18. The number of nitrogens with one attached hydrogen (secondary N) is 3. The number of hydrogen-bond acceptors (Lipinski definition) is 5. The molecule has 0 atom stereocenters. The maximum absolute atomic E-state index is 12.4. The second-order valence-corrected chi connectivity index (χ2v) is 6.95. The molecule has 0 radical (unpaired) electrons. The van der Waals surface area contributed by atoms with Gasteiger partial charge in [-0.15, -0.1) is 0 Å². The van der Waals surface area contributed by atoms with Crippen LogP contribution in [0.15, 0.2) is 66.1 Å². The summed E-state index contributed by atoms with van der Waals surface area (Å²) < 4.78 is 3.33. The first kappa shape index (κ1) is 21.7. The molecule has 9 heteroatoms. The average molecular weight is 422 g/mol. The Labute approximate surface area is 180 Å². The molecule has 162 valence electrons. The van der Waals surface area contributed by atoms with E-state index in [-0.39, 0.29) is 17.4 Å². The lowest BCUT2D eigenvalue weighted by molar-refractivity contribution is 0.244. The normalized spacial score (nSPS) is 10.5. The predicted octanol–water partition coefficient (Wildman–Crippen LogP) is 2.90. The standard InChI is InChI=1S/C22H27N7O2/c1-4-9-28-11-7-16(14-20(28)30)17-12-18(23)21(19(13-17)29-10-6-8-25-29)26-15(3)27-22(31)24-5-2/h6-8,10-14,26H,3-5,9,23H2,1-2H3,(H2,24,27,31). The van der Waals surface area contributed by atoms with Crippen molar-refractivity contribution in [3.8, 4) is 16.8 Å². The third-order valence-corrected chi connectivity index (χ3v) is 4.57. The van der Waals surface area contributed by atoms with E-state index in [0.29, 0.717) is 30.2 Å². The van der Waals surface area contributed by atoms with Crippen LogP contribution in [0, 0.1) is 0 Å². The molecule has 0 bridgehead atoms. The molecule has 0 aliphatic carbocycles. The number of nitrogens with two attached hydrogens (primary N) is 1. The van der Waals surface area contributed by atoms with E-state index in [1.807, 2.05) is 26.0 Å². The van der Waals surface area contributed by atoms with Gasteiger partial charge in [0.2, 0.25) is 0 Å². The van der Waals surface area contributed by atoms with E-state index < -0.39 is 0 Å². The van der Waals surface area contributed by atoms with Gasteiger partial charge in [0.1, 0.15) is 5.82 Å². The highest BCUT2D eigenvalue weighted by atomic mass is 16.2. The summed E-state index contributed by atoms with van der Waals surface area (Å²) in [5, 5.41) is 12.6. The molecule has 3 aromatic rings. The van der Waals surface area contributed by atoms with Crippen molar-refractivity contribution >= 4 is 17.4 Å². The van der Waals surface area contributed by atoms with Gasteiger partial charge in [-0.1, -0.05) is 13.5 Å². The second-order valence-electron chi connectivity index (χ2n) is 6.95. The number of urea groups is 1. The Hall–Kier alpha value is -4.01. The molecule has 2 aromatic heterocycles. The molecule has 0 saturated carbocycles. The van der Waals surface area contributed by atoms with E-state index in [1.54, 1.807) is 46.0 Å². The molecule has 0 spiro atoms. The molecule has 1 aromatic carbocycles. The van der Waals surface area contributed by atoms with Crippen molar-refractivity contribution in [2.75, 3.05) is 17.6 Å². The Bertz CT molecular complexity index is 1130. The molecule has 2 amide bonds. The number of hydrogen-bond donors (Lipinski definition) is 4. The molecule has 0 unspecified atom stereocenters. The number of nitrogen functional groups attached to an aromatic ring is 1. The number of nitrogens with zero attached hydrogens (tertiary/aromatic N) is 3. The largest absolute Gasteiger partial charge is 0.397 e. The molecule has 2 heterocycles. The van der Waals surface area contributed by atoms with Crippen molar-refractivity contribution in [2.45, 2.75) is 26.8 Å². The van der Waals surface area contributed by atoms with Gasteiger partial charge in [-0.3, -0.25) is 10.1 Å². The molecule has 31 heavy (non-hydrogen) atoms. The van der Waals surface area contributed by atoms with Gasteiger partial charge in [-0.25, -0.2) is 9.48 Å². The fraction of sp³-hybridized carbons (Fsp3) is 0.227. The topological polar surface area (TPSA) is 119 Å². The number of pyridine rings is 1. The van der Waals surface area contributed by atoms with Crippen LogP contribution in [-0.2, 0) is 6.54 Å². The Balaban J connectivity index is 2.00. The molecular weight excluding hydrogens is 394 g/mol. The summed E-state index contributed by atoms with van der Waals surface area (Å²) in [5.41, 5.74) is 9.42. The Morgan fingerprint density at radius 1 is 1.19 bits per heavy atom. The summed E-state index contributed by atoms with van der Waals surface area (Å²) in [6, 6.07) is 8.56. The lowest BCUT2D eigenvalue weighted by atomic mass is 10.0. The van der Waals surface area contributed by atoms with Gasteiger partial charge >= 0.3 is 6.03 Å². The second kappa shape index (κ2) is 9.66. The van der Waals surface area contributed by atoms with Crippen molar-refractivity contribution in [3.05, 3.63) is 71.7 Å². The molecule has 0 saturated heterocycles. The maximum atomic E-state index is 12.4. The third-order valence-electron chi connectivity index (χ3n) is 4.57. The zero-order chi connectivity index (χ0) is 22.4. The summed E-state index contributed by atoms with van der Waals surface area (Å²) in [7, 11) is 0. The molecule has 9 nitrogen and oxygen atoms in total. The molecule has 0 fully saturated rings. The number of benzene rings is 1. The molecule has 5 N–H and O–H groups in total. The first-order valence-electron chi connectivity index (χ1n) is 10.1. The summed E-state index contributed by atoms with van der Waals surface area (Å²) in [4.78, 5) is 24.2. The molecular formula is C22H27N7O2. The number of rotatable bonds is 8. The van der Waals surface area contributed by atoms with Crippen LogP contribution in [0.2, 0.25) is 0 Å². The predicted molar refractivity (Wildman–Crippen MR) is 123 cm³/mol. The third kappa shape index (κ3) is 5.13. The minimum absolute atomic E-state index is 0.0692. The van der Waals surface area contributed by atoms with Gasteiger partial charge in [0.05, 0.1) is 17.1 Å². The van der Waals surface area contributed by atoms with E-state index in [0.717, 1.165) is 17.5 Å². The zero-order valence-corrected chi connectivity index (χ0v) is 17.7. The number of carbonyl (C=O) groups excluding carboxylic acids is 1. The Morgan fingerprint density at radius 2 is 2.00 bits per heavy atom. The SMILES string of the molecule is C=C(NC(=O)NCC)Nc1c(N)cc(-c2ccn(CCC)c(=O)c2)cc1-n1cccn1. The molecule has 0 aliphatic rings. The minimum Gasteiger partial charge on any atom is -0.397 e. The number of amides is 2. The smallest absolute Gasteiger partial charge is 0.320 e. The van der Waals surface area contributed by atoms with Crippen molar-refractivity contribution in [1.82, 2.24) is 25.0 Å². The maximum Gasteiger partial charge on any atom is 0.320 e. The monoisotopic (exact) mass is 421 g/mol. The summed E-state index contributed by atoms with van der Waals surface area (Å²) in [5.74, 6) is 0.265. The number of aromatic nitrogens is 3. The lowest BCUT2D eigenvalue weighted by Gasteiger charge is -2.18. The van der Waals surface area contributed by atoms with Crippen molar-refractivity contribution in [2.24, 2.45) is 0 Å². The van der Waals surface area contributed by atoms with E-state index in [9.17, 15) is 9.59 Å². The first-order valence-corrected chi connectivity index (χ1v) is 10.1. The van der Waals surface area contributed by atoms with Crippen molar-refractivity contribution in [1.29, 1.82) is 0 Å². The van der Waals surface area contributed by atoms with Gasteiger partial charge in [-0.2, -0.15) is 5.10 Å². The number of aryl methyl sites for hydroxylation is 1. The quantitative estimate of drug-likeness (QED) is 0.417. The van der Waals surface area contributed by atoms with Gasteiger partial charge in [0.25, 0.3) is 5.56 Å². The van der Waals surface area contributed by atoms with Crippen LogP contribution in [-0.4, -0.2) is 26.9 Å². The highest BCUT2D eigenvalue weighted by Crippen LogP contribution is 2.33. The average Bonchev–Trinajstić information content (AvgIpc) is 3.25. The number of anilines is 2. The highest BCUT2D eigenvalue weighted by Gasteiger charge is 2.14. The number of carbonyl (C=O) groups is 1. The van der Waals surface area contributed by atoms with Gasteiger partial charge in [0.15, 0.2) is 0 Å². The summed E-state index contributed by atoms with van der Waals surface area (Å²) in [6.45, 7) is 8.85. The highest BCUT2D eigenvalue weighted by molar-refractivity contribution is 5.85. The van der Waals surface area contributed by atoms with Crippen LogP contribution >= 0.6 is 0 Å². The van der Waals surface area contributed by atoms with Crippen LogP contribution in [0.25, 0.3) is 16.8 Å². The first-order chi connectivity index (χ1) is 14.9. The van der Waals surface area contributed by atoms with Crippen LogP contribution < -0.4 is 27.2 Å². The van der Waals surface area contributed by atoms with E-state index in [2.05, 4.69) is 27.6 Å². The Morgan fingerprint density at radius 3 is 2.65 bits per heavy atom. The van der Waals surface area contributed by atoms with Gasteiger partial charge < -0.3 is 20.9 Å². The lowest BCUT2D eigenvalue weighted by Crippen LogP contribution is -2.36. The molecule has 3 rings (SSSR count). The molecule has 0 aliphatic heterocycles. The van der Waals surface area contributed by atoms with Crippen LogP contribution in [0.4, 0.5) is 16.2 Å². The minimum atomic E-state index is -0.372.